The third kappa shape index (κ3) is 7.23. The quantitative estimate of drug-likeness (QED) is 0.146. The maximum absolute atomic E-state index is 11.4. The topological polar surface area (TPSA) is 65.0 Å². The van der Waals surface area contributed by atoms with E-state index in [1.54, 1.807) is 6.92 Å². The molecular formula is C40H36O5. The van der Waals surface area contributed by atoms with Crippen LogP contribution in [0.1, 0.15) is 40.8 Å². The molecule has 0 aromatic heterocycles. The number of aliphatic carboxylic acids is 1. The van der Waals surface area contributed by atoms with Crippen molar-refractivity contribution in [2.24, 2.45) is 0 Å². The van der Waals surface area contributed by atoms with Crippen LogP contribution in [0.25, 0.3) is 34.4 Å². The molecular weight excluding hydrogens is 560 g/mol. The largest absolute Gasteiger partial charge is 0.491 e. The van der Waals surface area contributed by atoms with Gasteiger partial charge in [-0.15, -0.1) is 0 Å². The lowest BCUT2D eigenvalue weighted by molar-refractivity contribution is -0.149. The monoisotopic (exact) mass is 596 g/mol. The van der Waals surface area contributed by atoms with Gasteiger partial charge in [0.25, 0.3) is 0 Å². The highest BCUT2D eigenvalue weighted by atomic mass is 16.5. The van der Waals surface area contributed by atoms with E-state index in [4.69, 9.17) is 14.2 Å². The molecule has 5 nitrogen and oxygen atoms in total. The number of carbonyl (C=O) groups is 1. The average molecular weight is 597 g/mol. The number of fused-ring (bicyclic) bond motifs is 2. The fourth-order valence-corrected chi connectivity index (χ4v) is 5.74. The van der Waals surface area contributed by atoms with Gasteiger partial charge in [-0.3, -0.25) is 0 Å². The molecule has 1 aliphatic rings. The van der Waals surface area contributed by atoms with Crippen LogP contribution in [-0.2, 0) is 20.7 Å². The summed E-state index contributed by atoms with van der Waals surface area (Å²) >= 11 is 0. The van der Waals surface area contributed by atoms with E-state index in [0.717, 1.165) is 38.9 Å². The van der Waals surface area contributed by atoms with E-state index < -0.39 is 12.1 Å². The first-order valence-corrected chi connectivity index (χ1v) is 15.3. The Balaban J connectivity index is 1.20. The lowest BCUT2D eigenvalue weighted by atomic mass is 9.92. The Morgan fingerprint density at radius 1 is 0.689 bits per heavy atom. The van der Waals surface area contributed by atoms with Gasteiger partial charge in [-0.1, -0.05) is 109 Å². The maximum atomic E-state index is 11.4. The van der Waals surface area contributed by atoms with Crippen molar-refractivity contribution in [1.29, 1.82) is 0 Å². The Labute approximate surface area is 264 Å². The summed E-state index contributed by atoms with van der Waals surface area (Å²) in [6, 6.07) is 41.5. The second kappa shape index (κ2) is 14.2. The van der Waals surface area contributed by atoms with Gasteiger partial charge < -0.3 is 19.3 Å². The molecule has 45 heavy (non-hydrogen) atoms. The summed E-state index contributed by atoms with van der Waals surface area (Å²) in [5, 5.41) is 9.38. The molecule has 0 bridgehead atoms. The van der Waals surface area contributed by atoms with Gasteiger partial charge >= 0.3 is 5.97 Å². The van der Waals surface area contributed by atoms with Crippen LogP contribution >= 0.6 is 0 Å². The molecule has 1 atom stereocenters. The van der Waals surface area contributed by atoms with Gasteiger partial charge in [0.05, 0.1) is 6.61 Å². The Morgan fingerprint density at radius 3 is 1.76 bits per heavy atom. The molecule has 0 aliphatic heterocycles. The number of benzene rings is 5. The van der Waals surface area contributed by atoms with Crippen LogP contribution in [0.4, 0.5) is 0 Å². The number of carboxylic acid groups (broad SMARTS) is 1. The van der Waals surface area contributed by atoms with Crippen LogP contribution in [0.5, 0.6) is 5.75 Å². The van der Waals surface area contributed by atoms with E-state index in [1.807, 2.05) is 36.4 Å². The molecule has 0 fully saturated rings. The minimum absolute atomic E-state index is 0.267. The fraction of sp³-hybridized carbons (Fsp3) is 0.175. The SMILES string of the molecule is CCOC(Cc1ccc(OCCOC2c3ccc(-c4ccccc4)cc3C=Cc3cc(-c4ccccc4)ccc32)cc1)C(=O)O. The maximum Gasteiger partial charge on any atom is 0.333 e. The van der Waals surface area contributed by atoms with Crippen molar-refractivity contribution in [2.45, 2.75) is 25.6 Å². The highest BCUT2D eigenvalue weighted by Gasteiger charge is 2.23. The summed E-state index contributed by atoms with van der Waals surface area (Å²) in [5.74, 6) is -0.257. The van der Waals surface area contributed by atoms with E-state index in [2.05, 4.69) is 97.1 Å². The first kappa shape index (κ1) is 30.1. The van der Waals surface area contributed by atoms with Crippen molar-refractivity contribution in [3.05, 3.63) is 149 Å². The molecule has 6 rings (SSSR count). The summed E-state index contributed by atoms with van der Waals surface area (Å²) in [6.45, 7) is 2.90. The molecule has 0 spiro atoms. The van der Waals surface area contributed by atoms with E-state index in [0.29, 0.717) is 32.0 Å². The lowest BCUT2D eigenvalue weighted by Crippen LogP contribution is -2.26. The van der Waals surface area contributed by atoms with E-state index in [1.165, 1.54) is 11.1 Å². The van der Waals surface area contributed by atoms with Gasteiger partial charge in [0.2, 0.25) is 0 Å². The first-order valence-electron chi connectivity index (χ1n) is 15.3. The van der Waals surface area contributed by atoms with Gasteiger partial charge in [-0.2, -0.15) is 0 Å². The summed E-state index contributed by atoms with van der Waals surface area (Å²) in [5.41, 5.74) is 10.0. The van der Waals surface area contributed by atoms with Crippen molar-refractivity contribution < 1.29 is 24.1 Å². The van der Waals surface area contributed by atoms with E-state index in [-0.39, 0.29) is 6.10 Å². The molecule has 0 radical (unpaired) electrons. The number of ether oxygens (including phenoxy) is 3. The zero-order chi connectivity index (χ0) is 31.0. The fourth-order valence-electron chi connectivity index (χ4n) is 5.74. The van der Waals surface area contributed by atoms with Crippen LogP contribution in [0.3, 0.4) is 0 Å². The molecule has 0 saturated heterocycles. The smallest absolute Gasteiger partial charge is 0.333 e. The molecule has 5 heteroatoms. The molecule has 0 amide bonds. The van der Waals surface area contributed by atoms with Crippen LogP contribution in [0.15, 0.2) is 121 Å². The number of carboxylic acids is 1. The predicted octanol–water partition coefficient (Wildman–Crippen LogP) is 8.72. The highest BCUT2D eigenvalue weighted by Crippen LogP contribution is 2.39. The van der Waals surface area contributed by atoms with Crippen molar-refractivity contribution in [3.8, 4) is 28.0 Å². The van der Waals surface area contributed by atoms with Crippen LogP contribution in [0, 0.1) is 0 Å². The standard InChI is InChI=1S/C40H36O5/c1-2-43-38(40(41)42)25-28-13-19-35(20-14-28)44-23-24-45-39-36-21-17-31(29-9-5-3-6-10-29)26-33(36)15-16-34-27-32(18-22-37(34)39)30-11-7-4-8-12-30/h3-22,26-27,38-39H,2,23-25H2,1H3,(H,41,42). The molecule has 1 N–H and O–H groups in total. The van der Waals surface area contributed by atoms with Crippen LogP contribution < -0.4 is 4.74 Å². The zero-order valence-corrected chi connectivity index (χ0v) is 25.3. The molecule has 1 aliphatic carbocycles. The van der Waals surface area contributed by atoms with Gasteiger partial charge in [0.15, 0.2) is 6.10 Å². The Kier molecular flexibility index (Phi) is 9.50. The van der Waals surface area contributed by atoms with Crippen LogP contribution in [-0.4, -0.2) is 37.0 Å². The summed E-state index contributed by atoms with van der Waals surface area (Å²) in [6.07, 6.45) is 3.56. The average Bonchev–Trinajstić information content (AvgIpc) is 3.24. The second-order valence-corrected chi connectivity index (χ2v) is 11.0. The first-order chi connectivity index (χ1) is 22.1. The lowest BCUT2D eigenvalue weighted by Gasteiger charge is -2.22. The van der Waals surface area contributed by atoms with Crippen molar-refractivity contribution >= 4 is 18.1 Å². The molecule has 0 heterocycles. The summed E-state index contributed by atoms with van der Waals surface area (Å²) in [4.78, 5) is 11.4. The van der Waals surface area contributed by atoms with Gasteiger partial charge in [0, 0.05) is 13.0 Å². The number of hydrogen-bond donors (Lipinski definition) is 1. The van der Waals surface area contributed by atoms with Gasteiger partial charge in [0.1, 0.15) is 18.5 Å². The minimum Gasteiger partial charge on any atom is -0.491 e. The van der Waals surface area contributed by atoms with Crippen molar-refractivity contribution in [3.63, 3.8) is 0 Å². The Bertz CT molecular complexity index is 1670. The number of hydrogen-bond acceptors (Lipinski definition) is 4. The van der Waals surface area contributed by atoms with Gasteiger partial charge in [-0.25, -0.2) is 4.79 Å². The third-order valence-corrected chi connectivity index (χ3v) is 8.02. The minimum atomic E-state index is -0.959. The second-order valence-electron chi connectivity index (χ2n) is 11.0. The summed E-state index contributed by atoms with van der Waals surface area (Å²) in [7, 11) is 0. The zero-order valence-electron chi connectivity index (χ0n) is 25.3. The number of rotatable bonds is 12. The third-order valence-electron chi connectivity index (χ3n) is 8.02. The molecule has 5 aromatic rings. The van der Waals surface area contributed by atoms with Crippen LogP contribution in [0.2, 0.25) is 0 Å². The van der Waals surface area contributed by atoms with Crippen molar-refractivity contribution in [1.82, 2.24) is 0 Å². The highest BCUT2D eigenvalue weighted by molar-refractivity contribution is 5.81. The molecule has 1 unspecified atom stereocenters. The molecule has 5 aromatic carbocycles. The normalized spacial score (nSPS) is 13.0. The predicted molar refractivity (Wildman–Crippen MR) is 179 cm³/mol. The molecule has 0 saturated carbocycles. The Morgan fingerprint density at radius 2 is 1.24 bits per heavy atom. The van der Waals surface area contributed by atoms with E-state index in [9.17, 15) is 9.90 Å². The van der Waals surface area contributed by atoms with E-state index >= 15 is 0 Å². The van der Waals surface area contributed by atoms with Gasteiger partial charge in [-0.05, 0) is 81.3 Å². The molecule has 226 valence electrons. The Hall–Kier alpha value is -4.97. The summed E-state index contributed by atoms with van der Waals surface area (Å²) < 4.78 is 18.0. The van der Waals surface area contributed by atoms with Crippen molar-refractivity contribution in [2.75, 3.05) is 19.8 Å².